The van der Waals surface area contributed by atoms with Crippen molar-refractivity contribution in [3.63, 3.8) is 0 Å². The fourth-order valence-corrected chi connectivity index (χ4v) is 6.21. The molecule has 36 heavy (non-hydrogen) atoms. The average Bonchev–Trinajstić information content (AvgIpc) is 2.90. The van der Waals surface area contributed by atoms with E-state index in [-0.39, 0.29) is 23.8 Å². The van der Waals surface area contributed by atoms with E-state index in [1.807, 2.05) is 30.1 Å². The van der Waals surface area contributed by atoms with Gasteiger partial charge in [0.2, 0.25) is 5.91 Å². The zero-order valence-corrected chi connectivity index (χ0v) is 21.6. The second-order valence-electron chi connectivity index (χ2n) is 11.0. The molecule has 3 heterocycles. The number of piperidine rings is 1. The van der Waals surface area contributed by atoms with E-state index in [1.165, 1.54) is 16.7 Å². The molecule has 1 saturated heterocycles. The van der Waals surface area contributed by atoms with E-state index in [4.69, 9.17) is 4.74 Å². The molecule has 2 aromatic carbocycles. The van der Waals surface area contributed by atoms with Gasteiger partial charge in [-0.25, -0.2) is 0 Å². The van der Waals surface area contributed by atoms with Crippen molar-refractivity contribution in [1.82, 2.24) is 14.7 Å². The summed E-state index contributed by atoms with van der Waals surface area (Å²) in [5.74, 6) is 1.10. The van der Waals surface area contributed by atoms with Crippen LogP contribution in [0.1, 0.15) is 48.8 Å². The van der Waals surface area contributed by atoms with Crippen LogP contribution in [0.3, 0.4) is 0 Å². The van der Waals surface area contributed by atoms with Crippen molar-refractivity contribution in [2.45, 2.75) is 51.5 Å². The van der Waals surface area contributed by atoms with Gasteiger partial charge in [0.05, 0.1) is 6.54 Å². The summed E-state index contributed by atoms with van der Waals surface area (Å²) in [6.07, 6.45) is 7.23. The van der Waals surface area contributed by atoms with Gasteiger partial charge in [-0.05, 0) is 66.7 Å². The zero-order chi connectivity index (χ0) is 25.0. The Hall–Kier alpha value is -2.86. The second kappa shape index (κ2) is 11.0. The third-order valence-electron chi connectivity index (χ3n) is 8.47. The molecule has 0 radical (unpaired) electrons. The van der Waals surface area contributed by atoms with Crippen LogP contribution in [0.2, 0.25) is 0 Å². The number of aryl methyl sites for hydroxylation is 1. The van der Waals surface area contributed by atoms with Crippen LogP contribution < -0.4 is 4.74 Å². The molecule has 2 aromatic rings. The fraction of sp³-hybridized carbons (Fsp3) is 0.533. The number of fused-ring (bicyclic) bond motifs is 2. The molecule has 0 N–H and O–H groups in total. The number of likely N-dealkylation sites (tertiary alicyclic amines) is 1. The minimum absolute atomic E-state index is 0.0219. The highest BCUT2D eigenvalue weighted by atomic mass is 16.5. The van der Waals surface area contributed by atoms with Crippen LogP contribution in [-0.4, -0.2) is 72.9 Å². The first kappa shape index (κ1) is 24.8. The summed E-state index contributed by atoms with van der Waals surface area (Å²) in [6, 6.07) is 16.6. The predicted octanol–water partition coefficient (Wildman–Crippen LogP) is 3.92. The molecule has 6 nitrogen and oxygen atoms in total. The van der Waals surface area contributed by atoms with Crippen LogP contribution in [0.25, 0.3) is 0 Å². The lowest BCUT2D eigenvalue weighted by molar-refractivity contribution is -0.138. The molecule has 0 saturated carbocycles. The fourth-order valence-electron chi connectivity index (χ4n) is 6.21. The van der Waals surface area contributed by atoms with E-state index in [1.54, 1.807) is 0 Å². The van der Waals surface area contributed by atoms with Gasteiger partial charge in [0.15, 0.2) is 6.61 Å². The van der Waals surface area contributed by atoms with Crippen molar-refractivity contribution in [1.29, 1.82) is 0 Å². The molecule has 3 aliphatic heterocycles. The van der Waals surface area contributed by atoms with Crippen molar-refractivity contribution in [3.8, 4) is 5.75 Å². The van der Waals surface area contributed by atoms with Crippen molar-refractivity contribution < 1.29 is 14.3 Å². The van der Waals surface area contributed by atoms with Crippen molar-refractivity contribution in [2.24, 2.45) is 5.41 Å². The van der Waals surface area contributed by atoms with Gasteiger partial charge in [-0.1, -0.05) is 48.9 Å². The average molecular weight is 490 g/mol. The highest BCUT2D eigenvalue weighted by molar-refractivity contribution is 5.78. The maximum Gasteiger partial charge on any atom is 0.260 e. The van der Waals surface area contributed by atoms with Crippen LogP contribution in [0.4, 0.5) is 0 Å². The maximum absolute atomic E-state index is 13.2. The lowest BCUT2D eigenvalue weighted by Gasteiger charge is -2.44. The molecule has 2 amide bonds. The number of carbonyl (C=O) groups is 2. The number of hydrogen-bond donors (Lipinski definition) is 0. The SMILES string of the molecule is CN1CC2(CCCCc3ccccc3OCC1=O)CCN(C(=O)CN1CCc3ccccc3C1)CC2. The second-order valence-corrected chi connectivity index (χ2v) is 11.0. The maximum atomic E-state index is 13.2. The highest BCUT2D eigenvalue weighted by Crippen LogP contribution is 2.38. The van der Waals surface area contributed by atoms with Crippen LogP contribution in [-0.2, 0) is 29.0 Å². The Balaban J connectivity index is 1.18. The molecule has 0 atom stereocenters. The lowest BCUT2D eigenvalue weighted by atomic mass is 9.73. The number of ether oxygens (including phenoxy) is 1. The first-order valence-corrected chi connectivity index (χ1v) is 13.5. The molecule has 0 unspecified atom stereocenters. The summed E-state index contributed by atoms with van der Waals surface area (Å²) < 4.78 is 5.91. The standard InChI is InChI=1S/C30H39N3O3/c1-31-23-30(14-7-6-10-25-9-4-5-12-27(25)36-22-29(31)35)15-18-33(19-16-30)28(34)21-32-17-13-24-8-2-3-11-26(24)20-32/h2-5,8-9,11-12H,6-7,10,13-23H2,1H3. The Bertz CT molecular complexity index is 1080. The molecular formula is C30H39N3O3. The minimum atomic E-state index is 0.0219. The molecule has 1 fully saturated rings. The Morgan fingerprint density at radius 3 is 2.42 bits per heavy atom. The summed E-state index contributed by atoms with van der Waals surface area (Å²) in [6.45, 7) is 4.68. The normalized spacial score (nSPS) is 21.1. The number of amides is 2. The number of benzene rings is 2. The first-order chi connectivity index (χ1) is 17.5. The quantitative estimate of drug-likeness (QED) is 0.642. The van der Waals surface area contributed by atoms with Gasteiger partial charge in [0, 0.05) is 39.8 Å². The van der Waals surface area contributed by atoms with E-state index in [0.29, 0.717) is 6.54 Å². The molecule has 5 rings (SSSR count). The van der Waals surface area contributed by atoms with Gasteiger partial charge in [0.1, 0.15) is 5.75 Å². The van der Waals surface area contributed by atoms with E-state index < -0.39 is 0 Å². The number of hydrogen-bond acceptors (Lipinski definition) is 4. The van der Waals surface area contributed by atoms with Gasteiger partial charge in [-0.2, -0.15) is 0 Å². The number of rotatable bonds is 2. The van der Waals surface area contributed by atoms with Crippen molar-refractivity contribution in [3.05, 3.63) is 65.2 Å². The highest BCUT2D eigenvalue weighted by Gasteiger charge is 2.37. The third-order valence-corrected chi connectivity index (χ3v) is 8.47. The first-order valence-electron chi connectivity index (χ1n) is 13.5. The Labute approximate surface area is 215 Å². The topological polar surface area (TPSA) is 53.1 Å². The summed E-state index contributed by atoms with van der Waals surface area (Å²) >= 11 is 0. The third kappa shape index (κ3) is 5.75. The lowest BCUT2D eigenvalue weighted by Crippen LogP contribution is -2.51. The van der Waals surface area contributed by atoms with Crippen molar-refractivity contribution in [2.75, 3.05) is 46.4 Å². The zero-order valence-electron chi connectivity index (χ0n) is 21.6. The molecular weight excluding hydrogens is 450 g/mol. The summed E-state index contributed by atoms with van der Waals surface area (Å²) in [7, 11) is 1.90. The molecule has 1 spiro atoms. The number of nitrogens with zero attached hydrogens (tertiary/aromatic N) is 3. The largest absolute Gasteiger partial charge is 0.483 e. The molecule has 6 heteroatoms. The minimum Gasteiger partial charge on any atom is -0.483 e. The number of para-hydroxylation sites is 1. The van der Waals surface area contributed by atoms with Gasteiger partial charge in [-0.3, -0.25) is 14.5 Å². The van der Waals surface area contributed by atoms with Crippen LogP contribution in [0.15, 0.2) is 48.5 Å². The van der Waals surface area contributed by atoms with Gasteiger partial charge in [0.25, 0.3) is 5.91 Å². The summed E-state index contributed by atoms with van der Waals surface area (Å²) in [4.78, 5) is 32.3. The predicted molar refractivity (Wildman–Crippen MR) is 141 cm³/mol. The van der Waals surface area contributed by atoms with Crippen LogP contribution in [0.5, 0.6) is 5.75 Å². The number of carbonyl (C=O) groups excluding carboxylic acids is 2. The van der Waals surface area contributed by atoms with Crippen molar-refractivity contribution >= 4 is 11.8 Å². The van der Waals surface area contributed by atoms with E-state index in [9.17, 15) is 9.59 Å². The Morgan fingerprint density at radius 2 is 1.61 bits per heavy atom. The van der Waals surface area contributed by atoms with E-state index in [0.717, 1.165) is 83.4 Å². The van der Waals surface area contributed by atoms with E-state index >= 15 is 0 Å². The van der Waals surface area contributed by atoms with E-state index in [2.05, 4.69) is 40.1 Å². The summed E-state index contributed by atoms with van der Waals surface area (Å²) in [5.41, 5.74) is 4.02. The molecule has 0 bridgehead atoms. The van der Waals surface area contributed by atoms with Gasteiger partial charge in [-0.15, -0.1) is 0 Å². The Kier molecular flexibility index (Phi) is 7.61. The molecule has 0 aromatic heterocycles. The van der Waals surface area contributed by atoms with Crippen LogP contribution >= 0.6 is 0 Å². The number of likely N-dealkylation sites (N-methyl/N-ethyl adjacent to an activating group) is 1. The smallest absolute Gasteiger partial charge is 0.260 e. The summed E-state index contributed by atoms with van der Waals surface area (Å²) in [5, 5.41) is 0. The van der Waals surface area contributed by atoms with Gasteiger partial charge >= 0.3 is 0 Å². The molecule has 0 aliphatic carbocycles. The van der Waals surface area contributed by atoms with Gasteiger partial charge < -0.3 is 14.5 Å². The van der Waals surface area contributed by atoms with Crippen LogP contribution in [0, 0.1) is 5.41 Å². The molecule has 192 valence electrons. The monoisotopic (exact) mass is 489 g/mol. The Morgan fingerprint density at radius 1 is 0.889 bits per heavy atom. The molecule has 3 aliphatic rings.